The van der Waals surface area contributed by atoms with Crippen LogP contribution in [0.15, 0.2) is 60.9 Å². The number of carbonyl (C=O) groups excluding carboxylic acids is 3. The molecule has 12 nitrogen and oxygen atoms in total. The summed E-state index contributed by atoms with van der Waals surface area (Å²) < 4.78 is 30.2. The van der Waals surface area contributed by atoms with Crippen LogP contribution >= 0.6 is 0 Å². The van der Waals surface area contributed by atoms with E-state index in [0.717, 1.165) is 89.2 Å². The monoisotopic (exact) mass is 727 g/mol. The highest BCUT2D eigenvalue weighted by molar-refractivity contribution is 6.01. The molecule has 2 atom stereocenters. The summed E-state index contributed by atoms with van der Waals surface area (Å²) >= 11 is 0. The number of unbranched alkanes of at least 4 members (excludes halogenated alkanes) is 3. The van der Waals surface area contributed by atoms with Gasteiger partial charge in [0.15, 0.2) is 5.65 Å². The van der Waals surface area contributed by atoms with Crippen LogP contribution in [0.25, 0.3) is 5.65 Å². The number of hydrogen-bond acceptors (Lipinski definition) is 9. The predicted molar refractivity (Wildman–Crippen MR) is 197 cm³/mol. The van der Waals surface area contributed by atoms with Crippen molar-refractivity contribution in [1.82, 2.24) is 35.0 Å². The number of amides is 3. The number of hydrogen-bond donors (Lipinski definition) is 3. The second kappa shape index (κ2) is 16.8. The quantitative estimate of drug-likeness (QED) is 0.126. The minimum atomic E-state index is -0.471. The summed E-state index contributed by atoms with van der Waals surface area (Å²) in [6, 6.07) is 12.8. The maximum atomic E-state index is 14.6. The van der Waals surface area contributed by atoms with Crippen LogP contribution in [0.4, 0.5) is 20.3 Å². The molecule has 0 spiro atoms. The molecular formula is C39H47F2N9O3. The lowest BCUT2D eigenvalue weighted by Crippen LogP contribution is -2.47. The molecule has 0 saturated carbocycles. The fourth-order valence-electron chi connectivity index (χ4n) is 7.59. The molecule has 3 fully saturated rings. The lowest BCUT2D eigenvalue weighted by Gasteiger charge is -2.34. The van der Waals surface area contributed by atoms with E-state index in [1.807, 2.05) is 17.0 Å². The summed E-state index contributed by atoms with van der Waals surface area (Å²) in [4.78, 5) is 48.3. The molecule has 14 heteroatoms. The van der Waals surface area contributed by atoms with Gasteiger partial charge >= 0.3 is 0 Å². The molecule has 3 aliphatic heterocycles. The van der Waals surface area contributed by atoms with Gasteiger partial charge in [0, 0.05) is 69.7 Å². The molecule has 3 aliphatic rings. The lowest BCUT2D eigenvalue weighted by molar-refractivity contribution is -0.133. The van der Waals surface area contributed by atoms with Crippen LogP contribution in [0.2, 0.25) is 0 Å². The van der Waals surface area contributed by atoms with Crippen molar-refractivity contribution in [3.8, 4) is 0 Å². The zero-order valence-corrected chi connectivity index (χ0v) is 29.9. The minimum absolute atomic E-state index is 0.211. The van der Waals surface area contributed by atoms with E-state index in [1.165, 1.54) is 17.8 Å². The molecule has 0 bridgehead atoms. The number of benzene rings is 2. The normalized spacial score (nSPS) is 19.8. The molecule has 4 aromatic rings. The number of fused-ring (bicyclic) bond motifs is 1. The van der Waals surface area contributed by atoms with Gasteiger partial charge in [0.2, 0.25) is 11.8 Å². The Balaban J connectivity index is 0.789. The van der Waals surface area contributed by atoms with Crippen LogP contribution < -0.4 is 20.9 Å². The van der Waals surface area contributed by atoms with Crippen LogP contribution in [-0.4, -0.2) is 94.0 Å². The molecule has 2 aromatic heterocycles. The molecule has 53 heavy (non-hydrogen) atoms. The van der Waals surface area contributed by atoms with Crippen LogP contribution in [0.5, 0.6) is 0 Å². The summed E-state index contributed by atoms with van der Waals surface area (Å²) in [5.41, 5.74) is 3.25. The van der Waals surface area contributed by atoms with E-state index < -0.39 is 11.6 Å². The first-order valence-electron chi connectivity index (χ1n) is 18.8. The van der Waals surface area contributed by atoms with Crippen LogP contribution in [0.1, 0.15) is 78.9 Å². The maximum Gasteiger partial charge on any atom is 0.256 e. The third-order valence-electron chi connectivity index (χ3n) is 10.6. The SMILES string of the molecule is O=C1CCC(Nc2ccc(CN3CCN(CCCCCCNC(=O)c4cnn5ccc(N6CCCC6c6cc(F)ccc6F)nc45)CC3)cc2)C(=O)N1. The smallest absolute Gasteiger partial charge is 0.256 e. The van der Waals surface area contributed by atoms with Crippen molar-refractivity contribution in [3.63, 3.8) is 0 Å². The number of piperidine rings is 1. The van der Waals surface area contributed by atoms with E-state index in [0.29, 0.717) is 54.9 Å². The zero-order valence-electron chi connectivity index (χ0n) is 29.9. The number of aromatic nitrogens is 3. The highest BCUT2D eigenvalue weighted by Crippen LogP contribution is 2.37. The molecule has 7 rings (SSSR count). The van der Waals surface area contributed by atoms with E-state index in [-0.39, 0.29) is 29.8 Å². The molecule has 2 unspecified atom stereocenters. The second-order valence-electron chi connectivity index (χ2n) is 14.3. The molecular weight excluding hydrogens is 680 g/mol. The summed E-state index contributed by atoms with van der Waals surface area (Å²) in [6.45, 7) is 7.30. The van der Waals surface area contributed by atoms with Gasteiger partial charge < -0.3 is 20.4 Å². The molecule has 3 saturated heterocycles. The van der Waals surface area contributed by atoms with Crippen molar-refractivity contribution in [2.45, 2.75) is 70.0 Å². The van der Waals surface area contributed by atoms with Crippen molar-refractivity contribution in [3.05, 3.63) is 89.2 Å². The number of carbonyl (C=O) groups is 3. The Hall–Kier alpha value is -4.95. The molecule has 3 N–H and O–H groups in total. The van der Waals surface area contributed by atoms with Gasteiger partial charge in [-0.1, -0.05) is 25.0 Å². The highest BCUT2D eigenvalue weighted by Gasteiger charge is 2.30. The first-order valence-corrected chi connectivity index (χ1v) is 18.8. The highest BCUT2D eigenvalue weighted by atomic mass is 19.1. The Kier molecular flexibility index (Phi) is 11.5. The van der Waals surface area contributed by atoms with Crippen LogP contribution in [-0.2, 0) is 16.1 Å². The standard InChI is InChI=1S/C39H47F2N9O3/c40-28-9-12-32(41)30(24-28)34-6-5-18-49(34)35-15-19-50-37(45-35)31(25-43-50)38(52)42-16-3-1-2-4-17-47-20-22-48(23-21-47)26-27-7-10-29(11-8-27)44-33-13-14-36(51)46-39(33)53/h7-12,15,19,24-25,33-34,44H,1-6,13-14,16-18,20-23,26H2,(H,42,52)(H,46,51,53). The molecule has 0 radical (unpaired) electrons. The van der Waals surface area contributed by atoms with Gasteiger partial charge in [0.1, 0.15) is 29.1 Å². The summed E-state index contributed by atoms with van der Waals surface area (Å²) in [7, 11) is 0. The number of imide groups is 1. The maximum absolute atomic E-state index is 14.6. The number of anilines is 2. The van der Waals surface area contributed by atoms with E-state index in [9.17, 15) is 23.2 Å². The van der Waals surface area contributed by atoms with E-state index >= 15 is 0 Å². The molecule has 0 aliphatic carbocycles. The van der Waals surface area contributed by atoms with Crippen LogP contribution in [0, 0.1) is 11.6 Å². The summed E-state index contributed by atoms with van der Waals surface area (Å²) in [6.07, 6.45) is 9.77. The third-order valence-corrected chi connectivity index (χ3v) is 10.6. The first kappa shape index (κ1) is 36.4. The van der Waals surface area contributed by atoms with Crippen molar-refractivity contribution in [1.29, 1.82) is 0 Å². The van der Waals surface area contributed by atoms with E-state index in [2.05, 4.69) is 43.0 Å². The van der Waals surface area contributed by atoms with Gasteiger partial charge in [0.25, 0.3) is 5.91 Å². The Morgan fingerprint density at radius 3 is 2.51 bits per heavy atom. The van der Waals surface area contributed by atoms with Crippen molar-refractivity contribution < 1.29 is 23.2 Å². The Morgan fingerprint density at radius 2 is 1.70 bits per heavy atom. The summed E-state index contributed by atoms with van der Waals surface area (Å²) in [5, 5.41) is 12.9. The molecule has 3 amide bonds. The van der Waals surface area contributed by atoms with E-state index in [4.69, 9.17) is 4.98 Å². The van der Waals surface area contributed by atoms with Crippen molar-refractivity contribution in [2.75, 3.05) is 56.0 Å². The largest absolute Gasteiger partial charge is 0.374 e. The van der Waals surface area contributed by atoms with Gasteiger partial charge in [-0.05, 0) is 80.6 Å². The minimum Gasteiger partial charge on any atom is -0.374 e. The van der Waals surface area contributed by atoms with E-state index in [1.54, 1.807) is 16.8 Å². The number of rotatable bonds is 14. The first-order chi connectivity index (χ1) is 25.8. The fraction of sp³-hybridized carbons (Fsp3) is 0.462. The lowest BCUT2D eigenvalue weighted by atomic mass is 10.0. The van der Waals surface area contributed by atoms with Crippen molar-refractivity contribution in [2.24, 2.45) is 0 Å². The van der Waals surface area contributed by atoms with Gasteiger partial charge in [-0.25, -0.2) is 18.3 Å². The second-order valence-corrected chi connectivity index (χ2v) is 14.3. The number of nitrogens with one attached hydrogen (secondary N) is 3. The summed E-state index contributed by atoms with van der Waals surface area (Å²) in [5.74, 6) is -1.01. The molecule has 5 heterocycles. The van der Waals surface area contributed by atoms with Gasteiger partial charge in [-0.15, -0.1) is 0 Å². The fourth-order valence-corrected chi connectivity index (χ4v) is 7.59. The Labute approximate surface area is 307 Å². The third kappa shape index (κ3) is 8.99. The van der Waals surface area contributed by atoms with Crippen molar-refractivity contribution >= 4 is 34.9 Å². The Morgan fingerprint density at radius 1 is 0.906 bits per heavy atom. The number of halogens is 2. The molecule has 280 valence electrons. The average Bonchev–Trinajstić information content (AvgIpc) is 3.82. The Bertz CT molecular complexity index is 1910. The predicted octanol–water partition coefficient (Wildman–Crippen LogP) is 4.67. The number of nitrogens with zero attached hydrogens (tertiary/aromatic N) is 6. The number of piperazine rings is 1. The average molecular weight is 728 g/mol. The zero-order chi connectivity index (χ0) is 36.7. The molecule has 2 aromatic carbocycles. The van der Waals surface area contributed by atoms with Crippen LogP contribution in [0.3, 0.4) is 0 Å². The van der Waals surface area contributed by atoms with Gasteiger partial charge in [-0.3, -0.25) is 24.6 Å². The van der Waals surface area contributed by atoms with Gasteiger partial charge in [-0.2, -0.15) is 5.10 Å². The van der Waals surface area contributed by atoms with Gasteiger partial charge in [0.05, 0.1) is 12.2 Å². The topological polar surface area (TPSA) is 127 Å².